The van der Waals surface area contributed by atoms with Gasteiger partial charge in [0.2, 0.25) is 0 Å². The monoisotopic (exact) mass is 363 g/mol. The summed E-state index contributed by atoms with van der Waals surface area (Å²) in [5.41, 5.74) is 2.51. The van der Waals surface area contributed by atoms with Crippen LogP contribution in [0.25, 0.3) is 10.6 Å². The van der Waals surface area contributed by atoms with Crippen molar-refractivity contribution in [2.24, 2.45) is 0 Å². The van der Waals surface area contributed by atoms with E-state index in [0.29, 0.717) is 15.6 Å². The molecule has 0 amide bonds. The first-order valence-corrected chi connectivity index (χ1v) is 9.15. The summed E-state index contributed by atoms with van der Waals surface area (Å²) in [6.45, 7) is 3.64. The predicted octanol–water partition coefficient (Wildman–Crippen LogP) is 5.75. The zero-order valence-corrected chi connectivity index (χ0v) is 15.0. The number of nitrogens with zero attached hydrogens (tertiary/aromatic N) is 1. The number of thiazole rings is 1. The highest BCUT2D eigenvalue weighted by Gasteiger charge is 2.21. The Hall–Kier alpha value is -1.69. The van der Waals surface area contributed by atoms with Gasteiger partial charge in [-0.25, -0.2) is 9.78 Å². The van der Waals surface area contributed by atoms with Crippen LogP contribution in [0.2, 0.25) is 5.02 Å². The Morgan fingerprint density at radius 1 is 1.30 bits per heavy atom. The first-order chi connectivity index (χ1) is 11.1. The van der Waals surface area contributed by atoms with Crippen LogP contribution in [0.15, 0.2) is 41.1 Å². The van der Waals surface area contributed by atoms with Crippen molar-refractivity contribution in [1.82, 2.24) is 4.98 Å². The Balaban J connectivity index is 1.80. The van der Waals surface area contributed by atoms with Gasteiger partial charge in [0.25, 0.3) is 0 Å². The van der Waals surface area contributed by atoms with Crippen LogP contribution in [-0.4, -0.2) is 11.0 Å². The third-order valence-corrected chi connectivity index (χ3v) is 5.59. The Kier molecular flexibility index (Phi) is 4.80. The number of benzene rings is 1. The Bertz CT molecular complexity index is 827. The van der Waals surface area contributed by atoms with Gasteiger partial charge >= 0.3 is 5.97 Å². The normalized spacial score (nSPS) is 12.1. The van der Waals surface area contributed by atoms with Gasteiger partial charge in [-0.15, -0.1) is 11.3 Å². The van der Waals surface area contributed by atoms with E-state index < -0.39 is 6.10 Å². The maximum Gasteiger partial charge on any atom is 0.350 e. The van der Waals surface area contributed by atoms with Crippen molar-refractivity contribution in [3.8, 4) is 10.6 Å². The molecule has 0 bridgehead atoms. The van der Waals surface area contributed by atoms with E-state index in [2.05, 4.69) is 4.98 Å². The highest BCUT2D eigenvalue weighted by molar-refractivity contribution is 7.17. The van der Waals surface area contributed by atoms with E-state index in [4.69, 9.17) is 16.3 Å². The van der Waals surface area contributed by atoms with Gasteiger partial charge in [-0.1, -0.05) is 29.8 Å². The fraction of sp³-hybridized carbons (Fsp3) is 0.176. The minimum absolute atomic E-state index is 0.367. The summed E-state index contributed by atoms with van der Waals surface area (Å²) in [6.07, 6.45) is -0.415. The number of hydrogen-bond acceptors (Lipinski definition) is 5. The quantitative estimate of drug-likeness (QED) is 0.554. The van der Waals surface area contributed by atoms with Gasteiger partial charge in [-0.2, -0.15) is 11.3 Å². The van der Waals surface area contributed by atoms with Crippen LogP contribution in [0.5, 0.6) is 0 Å². The Morgan fingerprint density at radius 3 is 2.78 bits per heavy atom. The van der Waals surface area contributed by atoms with E-state index in [1.807, 2.05) is 48.9 Å². The van der Waals surface area contributed by atoms with Crippen molar-refractivity contribution >= 4 is 40.2 Å². The fourth-order valence-electron chi connectivity index (χ4n) is 2.18. The predicted molar refractivity (Wildman–Crippen MR) is 95.4 cm³/mol. The molecule has 1 atom stereocenters. The maximum absolute atomic E-state index is 12.5. The molecule has 0 N–H and O–H groups in total. The second kappa shape index (κ2) is 6.83. The summed E-state index contributed by atoms with van der Waals surface area (Å²) >= 11 is 9.11. The van der Waals surface area contributed by atoms with Gasteiger partial charge in [-0.05, 0) is 31.4 Å². The van der Waals surface area contributed by atoms with Crippen molar-refractivity contribution in [2.75, 3.05) is 0 Å². The van der Waals surface area contributed by atoms with E-state index in [9.17, 15) is 4.79 Å². The van der Waals surface area contributed by atoms with Crippen LogP contribution < -0.4 is 0 Å². The molecule has 0 saturated carbocycles. The highest BCUT2D eigenvalue weighted by atomic mass is 35.5. The molecule has 0 aliphatic heterocycles. The molecular weight excluding hydrogens is 350 g/mol. The molecule has 3 nitrogen and oxygen atoms in total. The van der Waals surface area contributed by atoms with Gasteiger partial charge in [0.05, 0.1) is 5.69 Å². The third-order valence-electron chi connectivity index (χ3n) is 3.38. The summed E-state index contributed by atoms with van der Waals surface area (Å²) in [6, 6.07) is 9.36. The van der Waals surface area contributed by atoms with E-state index in [-0.39, 0.29) is 5.97 Å². The molecule has 0 aliphatic rings. The number of ether oxygens (including phenoxy) is 1. The molecule has 2 heterocycles. The number of rotatable bonds is 4. The zero-order chi connectivity index (χ0) is 16.4. The van der Waals surface area contributed by atoms with Crippen molar-refractivity contribution in [3.05, 3.63) is 62.2 Å². The molecule has 3 aromatic rings. The number of carbonyl (C=O) groups is 1. The van der Waals surface area contributed by atoms with Crippen molar-refractivity contribution < 1.29 is 9.53 Å². The summed E-state index contributed by atoms with van der Waals surface area (Å²) in [4.78, 5) is 17.5. The molecule has 118 valence electrons. The standard InChI is InChI=1S/C17H14ClNO2S2/c1-10-15(23-16(19-10)12-7-8-22-9-12)17(20)21-11(2)13-5-3-4-6-14(13)18/h3-9,11H,1-2H3. The van der Waals surface area contributed by atoms with E-state index in [0.717, 1.165) is 16.1 Å². The summed E-state index contributed by atoms with van der Waals surface area (Å²) in [7, 11) is 0. The van der Waals surface area contributed by atoms with Crippen molar-refractivity contribution in [3.63, 3.8) is 0 Å². The Labute approximate surface area is 147 Å². The molecule has 0 fully saturated rings. The minimum atomic E-state index is -0.415. The lowest BCUT2D eigenvalue weighted by Gasteiger charge is -2.14. The Morgan fingerprint density at radius 2 is 2.09 bits per heavy atom. The van der Waals surface area contributed by atoms with E-state index in [1.165, 1.54) is 11.3 Å². The minimum Gasteiger partial charge on any atom is -0.454 e. The van der Waals surface area contributed by atoms with Crippen LogP contribution in [0.3, 0.4) is 0 Å². The van der Waals surface area contributed by atoms with E-state index in [1.54, 1.807) is 17.4 Å². The molecule has 2 aromatic heterocycles. The van der Waals surface area contributed by atoms with Gasteiger partial charge in [0.1, 0.15) is 16.0 Å². The lowest BCUT2D eigenvalue weighted by molar-refractivity contribution is 0.0343. The van der Waals surface area contributed by atoms with Crippen LogP contribution in [-0.2, 0) is 4.74 Å². The first kappa shape index (κ1) is 16.2. The van der Waals surface area contributed by atoms with Crippen LogP contribution in [0, 0.1) is 6.92 Å². The second-order valence-electron chi connectivity index (χ2n) is 5.01. The lowest BCUT2D eigenvalue weighted by atomic mass is 10.1. The number of aromatic nitrogens is 1. The topological polar surface area (TPSA) is 39.2 Å². The number of aryl methyl sites for hydroxylation is 1. The molecule has 3 rings (SSSR count). The third kappa shape index (κ3) is 3.47. The highest BCUT2D eigenvalue weighted by Crippen LogP contribution is 2.31. The molecule has 23 heavy (non-hydrogen) atoms. The summed E-state index contributed by atoms with van der Waals surface area (Å²) in [5.74, 6) is -0.367. The molecule has 6 heteroatoms. The van der Waals surface area contributed by atoms with Crippen molar-refractivity contribution in [1.29, 1.82) is 0 Å². The largest absolute Gasteiger partial charge is 0.454 e. The molecule has 0 saturated heterocycles. The molecule has 0 radical (unpaired) electrons. The smallest absolute Gasteiger partial charge is 0.350 e. The van der Waals surface area contributed by atoms with Crippen LogP contribution >= 0.6 is 34.3 Å². The number of hydrogen-bond donors (Lipinski definition) is 0. The van der Waals surface area contributed by atoms with Gasteiger partial charge in [0, 0.05) is 21.5 Å². The van der Waals surface area contributed by atoms with Gasteiger partial charge < -0.3 is 4.74 Å². The zero-order valence-electron chi connectivity index (χ0n) is 12.6. The number of carbonyl (C=O) groups excluding carboxylic acids is 1. The second-order valence-corrected chi connectivity index (χ2v) is 7.20. The molecule has 0 spiro atoms. The summed E-state index contributed by atoms with van der Waals surface area (Å²) in [5, 5.41) is 5.43. The van der Waals surface area contributed by atoms with Gasteiger partial charge in [0.15, 0.2) is 0 Å². The van der Waals surface area contributed by atoms with Crippen molar-refractivity contribution in [2.45, 2.75) is 20.0 Å². The molecule has 1 aromatic carbocycles. The van der Waals surface area contributed by atoms with Gasteiger partial charge in [-0.3, -0.25) is 0 Å². The number of halogens is 1. The van der Waals surface area contributed by atoms with Crippen LogP contribution in [0.1, 0.15) is 34.0 Å². The maximum atomic E-state index is 12.5. The van der Waals surface area contributed by atoms with E-state index >= 15 is 0 Å². The number of esters is 1. The first-order valence-electron chi connectivity index (χ1n) is 7.01. The average Bonchev–Trinajstić information content (AvgIpc) is 3.16. The average molecular weight is 364 g/mol. The lowest BCUT2D eigenvalue weighted by Crippen LogP contribution is -2.09. The molecule has 0 aliphatic carbocycles. The summed E-state index contributed by atoms with van der Waals surface area (Å²) < 4.78 is 5.56. The molecule has 1 unspecified atom stereocenters. The fourth-order valence-corrected chi connectivity index (χ4v) is 4.13. The molecular formula is C17H14ClNO2S2. The SMILES string of the molecule is Cc1nc(-c2ccsc2)sc1C(=O)OC(C)c1ccccc1Cl. The van der Waals surface area contributed by atoms with Crippen LogP contribution in [0.4, 0.5) is 0 Å². The number of thiophene rings is 1.